The minimum absolute atomic E-state index is 0.824. The van der Waals surface area contributed by atoms with Gasteiger partial charge in [0.15, 0.2) is 0 Å². The van der Waals surface area contributed by atoms with Crippen molar-refractivity contribution < 1.29 is 0 Å². The Balaban J connectivity index is 2.25. The molecule has 1 aliphatic carbocycles. The predicted octanol–water partition coefficient (Wildman–Crippen LogP) is 4.29. The molecule has 1 aliphatic rings. The van der Waals surface area contributed by atoms with Crippen LogP contribution in [0.2, 0.25) is 0 Å². The molecule has 0 nitrogen and oxygen atoms in total. The van der Waals surface area contributed by atoms with E-state index in [0.717, 1.165) is 11.8 Å². The number of hydrogen-bond donors (Lipinski definition) is 0. The van der Waals surface area contributed by atoms with Crippen LogP contribution in [0.5, 0.6) is 0 Å². The van der Waals surface area contributed by atoms with Crippen LogP contribution in [0.25, 0.3) is 0 Å². The summed E-state index contributed by atoms with van der Waals surface area (Å²) < 4.78 is 0. The Kier molecular flexibility index (Phi) is 2.90. The first-order valence-corrected chi connectivity index (χ1v) is 5.84. The lowest BCUT2D eigenvalue weighted by atomic mass is 9.75. The van der Waals surface area contributed by atoms with Gasteiger partial charge in [-0.1, -0.05) is 50.5 Å². The van der Waals surface area contributed by atoms with Crippen molar-refractivity contribution >= 4 is 0 Å². The van der Waals surface area contributed by atoms with E-state index in [4.69, 9.17) is 0 Å². The van der Waals surface area contributed by atoms with Gasteiger partial charge >= 0.3 is 0 Å². The van der Waals surface area contributed by atoms with Crippen LogP contribution in [0.15, 0.2) is 24.3 Å². The maximum atomic E-state index is 2.41. The van der Waals surface area contributed by atoms with Gasteiger partial charge in [0.1, 0.15) is 0 Å². The lowest BCUT2D eigenvalue weighted by Crippen LogP contribution is -2.15. The molecule has 1 saturated carbocycles. The standard InChI is InChI=1S/C14H20/c1-11-7-3-5-9-13(11)14-10-6-4-8-12(14)2/h3,5,7,9,12,14H,4,6,8,10H2,1-2H3. The molecule has 14 heavy (non-hydrogen) atoms. The zero-order chi connectivity index (χ0) is 9.97. The minimum Gasteiger partial charge on any atom is -0.0620 e. The van der Waals surface area contributed by atoms with E-state index in [-0.39, 0.29) is 0 Å². The summed E-state index contributed by atoms with van der Waals surface area (Å²) in [7, 11) is 0. The molecular formula is C14H20. The molecule has 0 heterocycles. The van der Waals surface area contributed by atoms with E-state index >= 15 is 0 Å². The molecule has 76 valence electrons. The predicted molar refractivity (Wildman–Crippen MR) is 61.6 cm³/mol. The van der Waals surface area contributed by atoms with Crippen LogP contribution in [0.3, 0.4) is 0 Å². The molecule has 0 amide bonds. The molecule has 0 aliphatic heterocycles. The maximum Gasteiger partial charge on any atom is -0.0134 e. The van der Waals surface area contributed by atoms with Gasteiger partial charge in [-0.25, -0.2) is 0 Å². The highest BCUT2D eigenvalue weighted by Crippen LogP contribution is 2.38. The van der Waals surface area contributed by atoms with Crippen LogP contribution in [-0.4, -0.2) is 0 Å². The van der Waals surface area contributed by atoms with Crippen molar-refractivity contribution in [2.45, 2.75) is 45.4 Å². The third kappa shape index (κ3) is 1.84. The zero-order valence-corrected chi connectivity index (χ0v) is 9.29. The lowest BCUT2D eigenvalue weighted by molar-refractivity contribution is 0.330. The highest BCUT2D eigenvalue weighted by Gasteiger charge is 2.23. The molecule has 2 atom stereocenters. The summed E-state index contributed by atoms with van der Waals surface area (Å²) in [5.41, 5.74) is 3.07. The highest BCUT2D eigenvalue weighted by atomic mass is 14.3. The first kappa shape index (κ1) is 9.76. The Morgan fingerprint density at radius 1 is 1.07 bits per heavy atom. The fraction of sp³-hybridized carbons (Fsp3) is 0.571. The lowest BCUT2D eigenvalue weighted by Gasteiger charge is -2.30. The minimum atomic E-state index is 0.824. The molecule has 2 unspecified atom stereocenters. The van der Waals surface area contributed by atoms with Gasteiger partial charge < -0.3 is 0 Å². The molecular weight excluding hydrogens is 168 g/mol. The second kappa shape index (κ2) is 4.16. The first-order valence-electron chi connectivity index (χ1n) is 5.84. The average Bonchev–Trinajstić information content (AvgIpc) is 2.20. The monoisotopic (exact) mass is 188 g/mol. The van der Waals surface area contributed by atoms with E-state index in [1.165, 1.54) is 31.2 Å². The zero-order valence-electron chi connectivity index (χ0n) is 9.29. The Morgan fingerprint density at radius 3 is 2.50 bits per heavy atom. The fourth-order valence-corrected chi connectivity index (χ4v) is 2.78. The fourth-order valence-electron chi connectivity index (χ4n) is 2.78. The van der Waals surface area contributed by atoms with Gasteiger partial charge in [0, 0.05) is 0 Å². The van der Waals surface area contributed by atoms with Crippen molar-refractivity contribution in [1.82, 2.24) is 0 Å². The molecule has 1 aromatic carbocycles. The van der Waals surface area contributed by atoms with Crippen molar-refractivity contribution in [1.29, 1.82) is 0 Å². The molecule has 0 radical (unpaired) electrons. The van der Waals surface area contributed by atoms with E-state index < -0.39 is 0 Å². The molecule has 2 rings (SSSR count). The molecule has 0 aromatic heterocycles. The van der Waals surface area contributed by atoms with Crippen LogP contribution >= 0.6 is 0 Å². The maximum absolute atomic E-state index is 2.41. The van der Waals surface area contributed by atoms with E-state index in [2.05, 4.69) is 38.1 Å². The van der Waals surface area contributed by atoms with E-state index in [1.54, 1.807) is 5.56 Å². The van der Waals surface area contributed by atoms with Crippen molar-refractivity contribution in [3.8, 4) is 0 Å². The summed E-state index contributed by atoms with van der Waals surface area (Å²) in [4.78, 5) is 0. The van der Waals surface area contributed by atoms with Crippen LogP contribution in [0.1, 0.15) is 49.7 Å². The Morgan fingerprint density at radius 2 is 1.79 bits per heavy atom. The van der Waals surface area contributed by atoms with Gasteiger partial charge in [0.2, 0.25) is 0 Å². The Hall–Kier alpha value is -0.780. The van der Waals surface area contributed by atoms with Gasteiger partial charge in [0.25, 0.3) is 0 Å². The summed E-state index contributed by atoms with van der Waals surface area (Å²) in [6, 6.07) is 8.90. The van der Waals surface area contributed by atoms with Crippen LogP contribution < -0.4 is 0 Å². The topological polar surface area (TPSA) is 0 Å². The largest absolute Gasteiger partial charge is 0.0620 e. The summed E-state index contributed by atoms with van der Waals surface area (Å²) in [6.45, 7) is 4.66. The van der Waals surface area contributed by atoms with E-state index in [0.29, 0.717) is 0 Å². The molecule has 1 aromatic rings. The summed E-state index contributed by atoms with van der Waals surface area (Å²) >= 11 is 0. The molecule has 0 N–H and O–H groups in total. The van der Waals surface area contributed by atoms with Gasteiger partial charge in [0.05, 0.1) is 0 Å². The number of rotatable bonds is 1. The van der Waals surface area contributed by atoms with Crippen LogP contribution in [0, 0.1) is 12.8 Å². The molecule has 0 spiro atoms. The Labute approximate surface area is 87.3 Å². The van der Waals surface area contributed by atoms with Gasteiger partial charge in [-0.2, -0.15) is 0 Å². The summed E-state index contributed by atoms with van der Waals surface area (Å²) in [5.74, 6) is 1.70. The number of aryl methyl sites for hydroxylation is 1. The Bertz CT molecular complexity index is 301. The number of hydrogen-bond acceptors (Lipinski definition) is 0. The van der Waals surface area contributed by atoms with Crippen molar-refractivity contribution in [2.75, 3.05) is 0 Å². The third-order valence-electron chi connectivity index (χ3n) is 3.70. The first-order chi connectivity index (χ1) is 6.79. The smallest absolute Gasteiger partial charge is 0.0134 e. The van der Waals surface area contributed by atoms with Gasteiger partial charge in [-0.05, 0) is 36.3 Å². The van der Waals surface area contributed by atoms with Crippen molar-refractivity contribution in [2.24, 2.45) is 5.92 Å². The summed E-state index contributed by atoms with van der Waals surface area (Å²) in [6.07, 6.45) is 5.66. The quantitative estimate of drug-likeness (QED) is 0.616. The van der Waals surface area contributed by atoms with E-state index in [9.17, 15) is 0 Å². The van der Waals surface area contributed by atoms with Gasteiger partial charge in [-0.3, -0.25) is 0 Å². The second-order valence-electron chi connectivity index (χ2n) is 4.72. The highest BCUT2D eigenvalue weighted by molar-refractivity contribution is 5.29. The van der Waals surface area contributed by atoms with Crippen molar-refractivity contribution in [3.63, 3.8) is 0 Å². The molecule has 0 saturated heterocycles. The summed E-state index contributed by atoms with van der Waals surface area (Å²) in [5, 5.41) is 0. The number of benzene rings is 1. The van der Waals surface area contributed by atoms with Crippen molar-refractivity contribution in [3.05, 3.63) is 35.4 Å². The van der Waals surface area contributed by atoms with E-state index in [1.807, 2.05) is 0 Å². The average molecular weight is 188 g/mol. The van der Waals surface area contributed by atoms with Crippen LogP contribution in [0.4, 0.5) is 0 Å². The molecule has 0 heteroatoms. The third-order valence-corrected chi connectivity index (χ3v) is 3.70. The van der Waals surface area contributed by atoms with Gasteiger partial charge in [-0.15, -0.1) is 0 Å². The molecule has 0 bridgehead atoms. The normalized spacial score (nSPS) is 27.6. The molecule has 1 fully saturated rings. The second-order valence-corrected chi connectivity index (χ2v) is 4.72. The van der Waals surface area contributed by atoms with Crippen LogP contribution in [-0.2, 0) is 0 Å². The SMILES string of the molecule is Cc1ccccc1C1CCCCC1C.